The number of nitrogens with zero attached hydrogens (tertiary/aromatic N) is 1. The first-order valence-electron chi connectivity index (χ1n) is 5.84. The molecule has 0 fully saturated rings. The van der Waals surface area contributed by atoms with E-state index < -0.39 is 15.8 Å². The molecule has 2 aromatic rings. The molecule has 0 aliphatic heterocycles. The van der Waals surface area contributed by atoms with Crippen LogP contribution in [0.5, 0.6) is 0 Å². The SMILES string of the molecule is CNc1ccncc1S(=O)(=O)Nc1cc(C)cc(F)c1. The fourth-order valence-electron chi connectivity index (χ4n) is 1.81. The maximum Gasteiger partial charge on any atom is 0.265 e. The Morgan fingerprint density at radius 3 is 2.65 bits per heavy atom. The van der Waals surface area contributed by atoms with Gasteiger partial charge in [0.2, 0.25) is 0 Å². The van der Waals surface area contributed by atoms with Crippen LogP contribution in [0.4, 0.5) is 15.8 Å². The van der Waals surface area contributed by atoms with Gasteiger partial charge >= 0.3 is 0 Å². The van der Waals surface area contributed by atoms with Crippen molar-refractivity contribution in [1.29, 1.82) is 0 Å². The summed E-state index contributed by atoms with van der Waals surface area (Å²) in [6.45, 7) is 1.68. The Bertz CT molecular complexity index is 712. The van der Waals surface area contributed by atoms with Crippen LogP contribution in [0, 0.1) is 12.7 Å². The van der Waals surface area contributed by atoms with Crippen LogP contribution in [-0.4, -0.2) is 20.4 Å². The number of halogens is 1. The molecule has 0 aliphatic rings. The summed E-state index contributed by atoms with van der Waals surface area (Å²) in [6.07, 6.45) is 2.72. The number of pyridine rings is 1. The third-order valence-electron chi connectivity index (χ3n) is 2.64. The molecule has 2 N–H and O–H groups in total. The van der Waals surface area contributed by atoms with E-state index in [-0.39, 0.29) is 10.6 Å². The van der Waals surface area contributed by atoms with Crippen LogP contribution in [0.2, 0.25) is 0 Å². The third-order valence-corrected chi connectivity index (χ3v) is 4.05. The lowest BCUT2D eigenvalue weighted by molar-refractivity contribution is 0.601. The van der Waals surface area contributed by atoms with E-state index in [1.54, 1.807) is 26.1 Å². The number of sulfonamides is 1. The second-order valence-electron chi connectivity index (χ2n) is 4.24. The monoisotopic (exact) mass is 295 g/mol. The molecule has 5 nitrogen and oxygen atoms in total. The molecule has 0 spiro atoms. The zero-order chi connectivity index (χ0) is 14.8. The smallest absolute Gasteiger partial charge is 0.265 e. The highest BCUT2D eigenvalue weighted by atomic mass is 32.2. The van der Waals surface area contributed by atoms with E-state index >= 15 is 0 Å². The van der Waals surface area contributed by atoms with Crippen molar-refractivity contribution < 1.29 is 12.8 Å². The summed E-state index contributed by atoms with van der Waals surface area (Å²) in [5, 5.41) is 2.78. The lowest BCUT2D eigenvalue weighted by atomic mass is 10.2. The van der Waals surface area contributed by atoms with E-state index in [0.29, 0.717) is 11.3 Å². The first kappa shape index (κ1) is 14.3. The van der Waals surface area contributed by atoms with Gasteiger partial charge < -0.3 is 5.32 Å². The van der Waals surface area contributed by atoms with Crippen molar-refractivity contribution in [1.82, 2.24) is 4.98 Å². The normalized spacial score (nSPS) is 11.2. The standard InChI is InChI=1S/C13H14FN3O2S/c1-9-5-10(14)7-11(6-9)17-20(18,19)13-8-16-4-3-12(13)15-2/h3-8,17H,1-2H3,(H,15,16). The minimum absolute atomic E-state index is 0.00409. The van der Waals surface area contributed by atoms with Gasteiger partial charge in [0.25, 0.3) is 10.0 Å². The first-order chi connectivity index (χ1) is 9.42. The van der Waals surface area contributed by atoms with Gasteiger partial charge in [-0.25, -0.2) is 12.8 Å². The van der Waals surface area contributed by atoms with Crippen LogP contribution < -0.4 is 10.0 Å². The van der Waals surface area contributed by atoms with Crippen LogP contribution in [0.25, 0.3) is 0 Å². The van der Waals surface area contributed by atoms with E-state index in [1.165, 1.54) is 18.5 Å². The molecule has 0 saturated carbocycles. The predicted molar refractivity (Wildman–Crippen MR) is 75.7 cm³/mol. The molecule has 0 atom stereocenters. The number of benzene rings is 1. The van der Waals surface area contributed by atoms with Crippen molar-refractivity contribution in [3.63, 3.8) is 0 Å². The van der Waals surface area contributed by atoms with E-state index in [0.717, 1.165) is 6.07 Å². The Morgan fingerprint density at radius 2 is 2.00 bits per heavy atom. The highest BCUT2D eigenvalue weighted by molar-refractivity contribution is 7.92. The van der Waals surface area contributed by atoms with Gasteiger partial charge in [0.1, 0.15) is 10.7 Å². The molecule has 106 valence electrons. The molecule has 1 aromatic heterocycles. The van der Waals surface area contributed by atoms with E-state index in [2.05, 4.69) is 15.0 Å². The molecule has 1 heterocycles. The lowest BCUT2D eigenvalue weighted by Crippen LogP contribution is -2.15. The molecule has 1 aromatic carbocycles. The minimum Gasteiger partial charge on any atom is -0.387 e. The van der Waals surface area contributed by atoms with Crippen LogP contribution in [0.15, 0.2) is 41.6 Å². The van der Waals surface area contributed by atoms with E-state index in [1.807, 2.05) is 0 Å². The van der Waals surface area contributed by atoms with Crippen LogP contribution >= 0.6 is 0 Å². The summed E-state index contributed by atoms with van der Waals surface area (Å²) in [7, 11) is -2.22. The van der Waals surface area contributed by atoms with Crippen LogP contribution in [-0.2, 0) is 10.0 Å². The summed E-state index contributed by atoms with van der Waals surface area (Å²) < 4.78 is 40.2. The Kier molecular flexibility index (Phi) is 3.89. The summed E-state index contributed by atoms with van der Waals surface area (Å²) in [5.74, 6) is -0.497. The Labute approximate surface area is 116 Å². The van der Waals surface area contributed by atoms with Gasteiger partial charge in [-0.2, -0.15) is 0 Å². The summed E-state index contributed by atoms with van der Waals surface area (Å²) in [5.41, 5.74) is 1.22. The number of aromatic nitrogens is 1. The number of rotatable bonds is 4. The molecule has 0 bridgehead atoms. The van der Waals surface area contributed by atoms with Gasteiger partial charge in [-0.1, -0.05) is 0 Å². The van der Waals surface area contributed by atoms with Crippen molar-refractivity contribution in [3.8, 4) is 0 Å². The van der Waals surface area contributed by atoms with E-state index in [9.17, 15) is 12.8 Å². The second-order valence-corrected chi connectivity index (χ2v) is 5.90. The number of hydrogen-bond acceptors (Lipinski definition) is 4. The summed E-state index contributed by atoms with van der Waals surface area (Å²) >= 11 is 0. The van der Waals surface area contributed by atoms with Crippen LogP contribution in [0.1, 0.15) is 5.56 Å². The fourth-order valence-corrected chi connectivity index (χ4v) is 3.00. The Hall–Kier alpha value is -2.15. The number of hydrogen-bond donors (Lipinski definition) is 2. The maximum absolute atomic E-state index is 13.3. The van der Waals surface area contributed by atoms with E-state index in [4.69, 9.17) is 0 Å². The van der Waals surface area contributed by atoms with Crippen molar-refractivity contribution >= 4 is 21.4 Å². The maximum atomic E-state index is 13.3. The first-order valence-corrected chi connectivity index (χ1v) is 7.32. The molecule has 0 radical (unpaired) electrons. The largest absolute Gasteiger partial charge is 0.387 e. The van der Waals surface area contributed by atoms with Crippen molar-refractivity contribution in [2.75, 3.05) is 17.1 Å². The summed E-state index contributed by atoms with van der Waals surface area (Å²) in [4.78, 5) is 3.81. The quantitative estimate of drug-likeness (QED) is 0.908. The average Bonchev–Trinajstić information content (AvgIpc) is 2.36. The fraction of sp³-hybridized carbons (Fsp3) is 0.154. The zero-order valence-corrected chi connectivity index (χ0v) is 11.8. The molecule has 0 aliphatic carbocycles. The highest BCUT2D eigenvalue weighted by Crippen LogP contribution is 2.23. The van der Waals surface area contributed by atoms with Gasteiger partial charge in [-0.15, -0.1) is 0 Å². The molecule has 7 heteroatoms. The van der Waals surface area contributed by atoms with Gasteiger partial charge in [0.05, 0.1) is 11.4 Å². The molecular weight excluding hydrogens is 281 g/mol. The third kappa shape index (κ3) is 3.05. The minimum atomic E-state index is -3.83. The number of anilines is 2. The number of nitrogens with one attached hydrogen (secondary N) is 2. The van der Waals surface area contributed by atoms with Crippen molar-refractivity contribution in [2.24, 2.45) is 0 Å². The predicted octanol–water partition coefficient (Wildman–Crippen LogP) is 2.37. The Morgan fingerprint density at radius 1 is 1.25 bits per heavy atom. The van der Waals surface area contributed by atoms with Gasteiger partial charge in [0, 0.05) is 19.4 Å². The topological polar surface area (TPSA) is 71.1 Å². The lowest BCUT2D eigenvalue weighted by Gasteiger charge is -2.12. The molecule has 0 amide bonds. The molecule has 20 heavy (non-hydrogen) atoms. The average molecular weight is 295 g/mol. The number of aryl methyl sites for hydroxylation is 1. The van der Waals surface area contributed by atoms with Crippen molar-refractivity contribution in [3.05, 3.63) is 48.0 Å². The van der Waals surface area contributed by atoms with Gasteiger partial charge in [-0.05, 0) is 36.8 Å². The molecule has 0 unspecified atom stereocenters. The van der Waals surface area contributed by atoms with Gasteiger partial charge in [-0.3, -0.25) is 9.71 Å². The van der Waals surface area contributed by atoms with Crippen molar-refractivity contribution in [2.45, 2.75) is 11.8 Å². The highest BCUT2D eigenvalue weighted by Gasteiger charge is 2.18. The Balaban J connectivity index is 2.41. The molecule has 2 rings (SSSR count). The van der Waals surface area contributed by atoms with Crippen LogP contribution in [0.3, 0.4) is 0 Å². The summed E-state index contributed by atoms with van der Waals surface area (Å²) in [6, 6.07) is 5.54. The molecule has 0 saturated heterocycles. The molecular formula is C13H14FN3O2S. The van der Waals surface area contributed by atoms with Gasteiger partial charge in [0.15, 0.2) is 0 Å². The second kappa shape index (κ2) is 5.46. The zero-order valence-electron chi connectivity index (χ0n) is 11.0.